The van der Waals surface area contributed by atoms with Crippen LogP contribution in [0.2, 0.25) is 0 Å². The van der Waals surface area contributed by atoms with Crippen molar-refractivity contribution < 1.29 is 9.53 Å². The van der Waals surface area contributed by atoms with Crippen LogP contribution >= 0.6 is 0 Å². The Bertz CT molecular complexity index is 818. The number of carbonyl (C=O) groups is 1. The Labute approximate surface area is 136 Å². The molecule has 3 rings (SSSR count). The first-order valence-corrected chi connectivity index (χ1v) is 7.90. The summed E-state index contributed by atoms with van der Waals surface area (Å²) in [6.45, 7) is 3.60. The summed E-state index contributed by atoms with van der Waals surface area (Å²) in [5.41, 5.74) is 3.68. The van der Waals surface area contributed by atoms with Crippen molar-refractivity contribution in [2.45, 2.75) is 19.9 Å². The molecule has 3 aromatic rings. The lowest BCUT2D eigenvalue weighted by Crippen LogP contribution is -2.06. The molecule has 23 heavy (non-hydrogen) atoms. The molecular formula is C20H21NO2. The quantitative estimate of drug-likeness (QED) is 0.504. The molecule has 1 heterocycles. The highest BCUT2D eigenvalue weighted by Crippen LogP contribution is 2.28. The van der Waals surface area contributed by atoms with Gasteiger partial charge in [0.2, 0.25) is 0 Å². The summed E-state index contributed by atoms with van der Waals surface area (Å²) < 4.78 is 7.39. The molecule has 0 spiro atoms. The third-order valence-corrected chi connectivity index (χ3v) is 4.22. The molecule has 0 amide bonds. The molecule has 0 unspecified atom stereocenters. The summed E-state index contributed by atoms with van der Waals surface area (Å²) >= 11 is 0. The zero-order valence-corrected chi connectivity index (χ0v) is 13.6. The monoisotopic (exact) mass is 307 g/mol. The number of para-hydroxylation sites is 1. The minimum atomic E-state index is 0.0878. The van der Waals surface area contributed by atoms with Crippen molar-refractivity contribution in [1.82, 2.24) is 4.57 Å². The number of ketones is 1. The zero-order chi connectivity index (χ0) is 16.2. The number of ether oxygens (including phenoxy) is 1. The zero-order valence-electron chi connectivity index (χ0n) is 13.6. The Hall–Kier alpha value is -2.39. The van der Waals surface area contributed by atoms with Crippen LogP contribution in [0.25, 0.3) is 10.9 Å². The Kier molecular flexibility index (Phi) is 4.58. The lowest BCUT2D eigenvalue weighted by Gasteiger charge is -2.08. The van der Waals surface area contributed by atoms with Crippen molar-refractivity contribution in [2.75, 3.05) is 13.7 Å². The fraction of sp³-hybridized carbons (Fsp3) is 0.250. The average Bonchev–Trinajstić information content (AvgIpc) is 2.87. The predicted molar refractivity (Wildman–Crippen MR) is 93.0 cm³/mol. The molecule has 0 saturated heterocycles. The maximum absolute atomic E-state index is 13.0. The second-order valence-corrected chi connectivity index (χ2v) is 5.67. The Morgan fingerprint density at radius 1 is 1.04 bits per heavy atom. The third-order valence-electron chi connectivity index (χ3n) is 4.22. The van der Waals surface area contributed by atoms with E-state index in [1.165, 1.54) is 0 Å². The highest BCUT2D eigenvalue weighted by Gasteiger charge is 2.20. The molecule has 0 aliphatic heterocycles. The number of aromatic nitrogens is 1. The van der Waals surface area contributed by atoms with Crippen LogP contribution in [0.5, 0.6) is 0 Å². The smallest absolute Gasteiger partial charge is 0.195 e. The van der Waals surface area contributed by atoms with Crippen LogP contribution in [0.4, 0.5) is 0 Å². The van der Waals surface area contributed by atoms with E-state index in [0.29, 0.717) is 6.61 Å². The lowest BCUT2D eigenvalue weighted by molar-refractivity contribution is 0.103. The molecule has 3 nitrogen and oxygen atoms in total. The van der Waals surface area contributed by atoms with E-state index in [2.05, 4.69) is 10.6 Å². The van der Waals surface area contributed by atoms with Crippen molar-refractivity contribution in [3.8, 4) is 0 Å². The van der Waals surface area contributed by atoms with Gasteiger partial charge in [0, 0.05) is 42.4 Å². The highest BCUT2D eigenvalue weighted by molar-refractivity contribution is 6.17. The summed E-state index contributed by atoms with van der Waals surface area (Å²) in [5, 5.41) is 1.02. The topological polar surface area (TPSA) is 31.2 Å². The van der Waals surface area contributed by atoms with Gasteiger partial charge < -0.3 is 9.30 Å². The fourth-order valence-corrected chi connectivity index (χ4v) is 3.11. The Morgan fingerprint density at radius 3 is 2.48 bits per heavy atom. The fourth-order valence-electron chi connectivity index (χ4n) is 3.11. The van der Waals surface area contributed by atoms with Crippen LogP contribution in [0.15, 0.2) is 54.6 Å². The lowest BCUT2D eigenvalue weighted by atomic mass is 10.0. The number of carbonyl (C=O) groups excluding carboxylic acids is 1. The minimum absolute atomic E-state index is 0.0878. The predicted octanol–water partition coefficient (Wildman–Crippen LogP) is 4.22. The third kappa shape index (κ3) is 2.92. The van der Waals surface area contributed by atoms with Gasteiger partial charge in [0.25, 0.3) is 0 Å². The first-order valence-electron chi connectivity index (χ1n) is 7.90. The number of hydrogen-bond acceptors (Lipinski definition) is 2. The molecule has 0 aliphatic carbocycles. The summed E-state index contributed by atoms with van der Waals surface area (Å²) in [6.07, 6.45) is 0.926. The number of rotatable bonds is 6. The highest BCUT2D eigenvalue weighted by atomic mass is 16.5. The van der Waals surface area contributed by atoms with Gasteiger partial charge in [0.05, 0.1) is 5.56 Å². The molecule has 0 atom stereocenters. The Morgan fingerprint density at radius 2 is 1.74 bits per heavy atom. The van der Waals surface area contributed by atoms with Gasteiger partial charge in [0.15, 0.2) is 5.78 Å². The number of hydrogen-bond donors (Lipinski definition) is 0. The van der Waals surface area contributed by atoms with Crippen molar-refractivity contribution in [2.24, 2.45) is 0 Å². The van der Waals surface area contributed by atoms with E-state index in [-0.39, 0.29) is 5.78 Å². The molecule has 0 radical (unpaired) electrons. The minimum Gasteiger partial charge on any atom is -0.385 e. The van der Waals surface area contributed by atoms with Crippen molar-refractivity contribution in [1.29, 1.82) is 0 Å². The number of benzene rings is 2. The SMILES string of the molecule is COCCCn1c(C)c(C(=O)c2ccccc2)c2ccccc21. The average molecular weight is 307 g/mol. The van der Waals surface area contributed by atoms with Crippen LogP contribution in [0.3, 0.4) is 0 Å². The van der Waals surface area contributed by atoms with E-state index in [0.717, 1.165) is 40.7 Å². The maximum Gasteiger partial charge on any atom is 0.195 e. The van der Waals surface area contributed by atoms with Crippen molar-refractivity contribution in [3.63, 3.8) is 0 Å². The van der Waals surface area contributed by atoms with Gasteiger partial charge in [-0.1, -0.05) is 48.5 Å². The first-order chi connectivity index (χ1) is 11.2. The van der Waals surface area contributed by atoms with E-state index >= 15 is 0 Å². The molecule has 0 fully saturated rings. The van der Waals surface area contributed by atoms with Crippen LogP contribution in [-0.2, 0) is 11.3 Å². The second kappa shape index (κ2) is 6.80. The van der Waals surface area contributed by atoms with Gasteiger partial charge in [-0.2, -0.15) is 0 Å². The van der Waals surface area contributed by atoms with Crippen molar-refractivity contribution in [3.05, 3.63) is 71.4 Å². The molecular weight excluding hydrogens is 286 g/mol. The van der Waals surface area contributed by atoms with Crippen molar-refractivity contribution >= 4 is 16.7 Å². The van der Waals surface area contributed by atoms with E-state index in [1.807, 2.05) is 55.5 Å². The number of nitrogens with zero attached hydrogens (tertiary/aromatic N) is 1. The van der Waals surface area contributed by atoms with Gasteiger partial charge in [-0.15, -0.1) is 0 Å². The summed E-state index contributed by atoms with van der Waals surface area (Å²) in [5.74, 6) is 0.0878. The molecule has 118 valence electrons. The van der Waals surface area contributed by atoms with E-state index in [9.17, 15) is 4.79 Å². The molecule has 1 aromatic heterocycles. The van der Waals surface area contributed by atoms with E-state index in [1.54, 1.807) is 7.11 Å². The molecule has 0 bridgehead atoms. The number of methoxy groups -OCH3 is 1. The van der Waals surface area contributed by atoms with Gasteiger partial charge in [-0.05, 0) is 19.4 Å². The van der Waals surface area contributed by atoms with Gasteiger partial charge in [0.1, 0.15) is 0 Å². The van der Waals surface area contributed by atoms with Crippen LogP contribution in [0.1, 0.15) is 28.0 Å². The summed E-state index contributed by atoms with van der Waals surface area (Å²) in [7, 11) is 1.71. The van der Waals surface area contributed by atoms with Crippen LogP contribution < -0.4 is 0 Å². The second-order valence-electron chi connectivity index (χ2n) is 5.67. The van der Waals surface area contributed by atoms with Crippen LogP contribution in [0, 0.1) is 6.92 Å². The number of aryl methyl sites for hydroxylation is 1. The van der Waals surface area contributed by atoms with Gasteiger partial charge >= 0.3 is 0 Å². The molecule has 0 saturated carbocycles. The van der Waals surface area contributed by atoms with Crippen LogP contribution in [-0.4, -0.2) is 24.1 Å². The molecule has 0 aliphatic rings. The largest absolute Gasteiger partial charge is 0.385 e. The molecule has 0 N–H and O–H groups in total. The number of fused-ring (bicyclic) bond motifs is 1. The Balaban J connectivity index is 2.10. The van der Waals surface area contributed by atoms with E-state index < -0.39 is 0 Å². The van der Waals surface area contributed by atoms with Gasteiger partial charge in [-0.25, -0.2) is 0 Å². The molecule has 2 aromatic carbocycles. The standard InChI is InChI=1S/C20H21NO2/c1-15-19(20(22)16-9-4-3-5-10-16)17-11-6-7-12-18(17)21(15)13-8-14-23-2/h3-7,9-12H,8,13-14H2,1-2H3. The summed E-state index contributed by atoms with van der Waals surface area (Å²) in [4.78, 5) is 13.0. The summed E-state index contributed by atoms with van der Waals surface area (Å²) in [6, 6.07) is 17.6. The normalized spacial score (nSPS) is 11.0. The van der Waals surface area contributed by atoms with E-state index in [4.69, 9.17) is 4.74 Å². The van der Waals surface area contributed by atoms with Gasteiger partial charge in [-0.3, -0.25) is 4.79 Å². The first kappa shape index (κ1) is 15.5. The molecule has 3 heteroatoms. The maximum atomic E-state index is 13.0.